The molecule has 4 N–H and O–H groups in total. The molecule has 40 heavy (non-hydrogen) atoms. The zero-order valence-corrected chi connectivity index (χ0v) is 25.7. The monoisotopic (exact) mass is 551 g/mol. The minimum atomic E-state index is -0.228. The molecule has 0 unspecified atom stereocenters. The van der Waals surface area contributed by atoms with Crippen LogP contribution in [0.25, 0.3) is 0 Å². The Morgan fingerprint density at radius 2 is 1.73 bits per heavy atom. The fourth-order valence-electron chi connectivity index (χ4n) is 6.06. The molecule has 0 bridgehead atoms. The topological polar surface area (TPSA) is 108 Å². The van der Waals surface area contributed by atoms with Crippen molar-refractivity contribution in [3.63, 3.8) is 0 Å². The molecular weight excluding hydrogens is 502 g/mol. The third-order valence-electron chi connectivity index (χ3n) is 8.43. The molecule has 0 atom stereocenters. The first-order chi connectivity index (χ1) is 19.0. The number of rotatable bonds is 12. The number of carbonyl (C=O) groups excluding carboxylic acids is 1. The van der Waals surface area contributed by atoms with E-state index in [9.17, 15) is 9.59 Å². The predicted molar refractivity (Wildman–Crippen MR) is 167 cm³/mol. The highest BCUT2D eigenvalue weighted by atomic mass is 16.1. The number of aromatic amines is 1. The summed E-state index contributed by atoms with van der Waals surface area (Å²) < 4.78 is 0. The molecule has 1 saturated carbocycles. The fraction of sp³-hybridized carbons (Fsp3) is 0.581. The number of carbonyl (C=O) groups is 1. The molecule has 9 nitrogen and oxygen atoms in total. The number of nitrogens with zero attached hydrogens (tertiary/aromatic N) is 3. The summed E-state index contributed by atoms with van der Waals surface area (Å²) in [5.41, 5.74) is 5.95. The van der Waals surface area contributed by atoms with E-state index in [1.54, 1.807) is 0 Å². The number of hydrogen-bond donors (Lipinski definition) is 4. The predicted octanol–water partition coefficient (Wildman–Crippen LogP) is 3.90. The average molecular weight is 552 g/mol. The Labute approximate surface area is 239 Å². The number of aryl methyl sites for hydroxylation is 2. The van der Waals surface area contributed by atoms with E-state index in [1.807, 2.05) is 40.0 Å². The van der Waals surface area contributed by atoms with Gasteiger partial charge in [-0.15, -0.1) is 0 Å². The van der Waals surface area contributed by atoms with Crippen LogP contribution in [-0.2, 0) is 6.54 Å². The molecule has 0 radical (unpaired) electrons. The molecule has 220 valence electrons. The molecule has 0 saturated heterocycles. The Kier molecular flexibility index (Phi) is 10.9. The van der Waals surface area contributed by atoms with Gasteiger partial charge in [-0.1, -0.05) is 0 Å². The molecule has 1 amide bonds. The highest BCUT2D eigenvalue weighted by Crippen LogP contribution is 2.37. The molecule has 1 aliphatic rings. The number of hydrogen-bond acceptors (Lipinski definition) is 7. The lowest BCUT2D eigenvalue weighted by atomic mass is 9.88. The van der Waals surface area contributed by atoms with Gasteiger partial charge in [-0.05, 0) is 97.8 Å². The summed E-state index contributed by atoms with van der Waals surface area (Å²) in [6.45, 7) is 10.9. The molecule has 0 spiro atoms. The third-order valence-corrected chi connectivity index (χ3v) is 8.43. The fourth-order valence-corrected chi connectivity index (χ4v) is 6.06. The number of H-pyrrole nitrogens is 1. The number of benzene rings is 1. The van der Waals surface area contributed by atoms with Crippen molar-refractivity contribution in [2.24, 2.45) is 0 Å². The lowest BCUT2D eigenvalue weighted by molar-refractivity contribution is 0.0950. The van der Waals surface area contributed by atoms with Crippen LogP contribution in [0.4, 0.5) is 11.4 Å². The summed E-state index contributed by atoms with van der Waals surface area (Å²) in [4.78, 5) is 36.0. The van der Waals surface area contributed by atoms with Crippen molar-refractivity contribution in [1.82, 2.24) is 20.1 Å². The Morgan fingerprint density at radius 1 is 1.07 bits per heavy atom. The van der Waals surface area contributed by atoms with Crippen LogP contribution in [0, 0.1) is 26.2 Å². The molecule has 1 fully saturated rings. The van der Waals surface area contributed by atoms with Crippen molar-refractivity contribution in [3.8, 4) is 0 Å². The molecule has 1 heterocycles. The summed E-state index contributed by atoms with van der Waals surface area (Å²) in [6, 6.07) is 4.66. The van der Waals surface area contributed by atoms with E-state index in [1.165, 1.54) is 6.21 Å². The molecule has 2 aromatic rings. The SMILES string of the molecule is CCN(c1c(C)c(C(=O)NCc2c(C)cc(C)[nH]c2=O)cc(NC)c1C=N)C1CCC(N(C)CCN(C)C)CC1. The number of aromatic nitrogens is 1. The van der Waals surface area contributed by atoms with E-state index in [0.29, 0.717) is 23.2 Å². The summed E-state index contributed by atoms with van der Waals surface area (Å²) in [7, 11) is 8.29. The summed E-state index contributed by atoms with van der Waals surface area (Å²) in [6.07, 6.45) is 5.81. The zero-order valence-electron chi connectivity index (χ0n) is 25.7. The zero-order chi connectivity index (χ0) is 29.6. The van der Waals surface area contributed by atoms with Gasteiger partial charge in [0, 0.05) is 79.6 Å². The van der Waals surface area contributed by atoms with Crippen LogP contribution in [0.3, 0.4) is 0 Å². The van der Waals surface area contributed by atoms with Gasteiger partial charge in [-0.2, -0.15) is 0 Å². The quantitative estimate of drug-likeness (QED) is 0.298. The van der Waals surface area contributed by atoms with Crippen molar-refractivity contribution in [1.29, 1.82) is 5.41 Å². The molecule has 1 aromatic heterocycles. The van der Waals surface area contributed by atoms with Crippen LogP contribution >= 0.6 is 0 Å². The third kappa shape index (κ3) is 7.12. The maximum atomic E-state index is 13.5. The second-order valence-electron chi connectivity index (χ2n) is 11.4. The Morgan fingerprint density at radius 3 is 2.27 bits per heavy atom. The summed E-state index contributed by atoms with van der Waals surface area (Å²) in [5.74, 6) is -0.228. The standard InChI is InChI=1S/C31H49N7O2/c1-9-38(24-12-10-23(11-13-24)37(8)15-14-36(6)7)29-22(4)25(17-28(33-5)26(29)18-32)30(39)34-19-27-20(2)16-21(3)35-31(27)40/h16-18,23-24,32-33H,9-15,19H2,1-8H3,(H,34,39)(H,35,40). The van der Waals surface area contributed by atoms with Gasteiger partial charge in [0.05, 0.1) is 5.69 Å². The van der Waals surface area contributed by atoms with Crippen molar-refractivity contribution in [2.75, 3.05) is 58.0 Å². The average Bonchev–Trinajstić information content (AvgIpc) is 2.92. The number of nitrogens with one attached hydrogen (secondary N) is 4. The number of likely N-dealkylation sites (N-methyl/N-ethyl adjacent to an activating group) is 2. The van der Waals surface area contributed by atoms with Crippen LogP contribution in [0.15, 0.2) is 16.9 Å². The number of anilines is 2. The Hall–Kier alpha value is -3.17. The maximum Gasteiger partial charge on any atom is 0.253 e. The maximum absolute atomic E-state index is 13.5. The summed E-state index contributed by atoms with van der Waals surface area (Å²) in [5, 5.41) is 14.5. The van der Waals surface area contributed by atoms with Crippen molar-refractivity contribution >= 4 is 23.5 Å². The van der Waals surface area contributed by atoms with Crippen LogP contribution in [-0.4, -0.2) is 86.8 Å². The molecule has 9 heteroatoms. The lowest BCUT2D eigenvalue weighted by Gasteiger charge is -2.42. The van der Waals surface area contributed by atoms with E-state index in [-0.39, 0.29) is 18.0 Å². The van der Waals surface area contributed by atoms with Gasteiger partial charge >= 0.3 is 0 Å². The normalized spacial score (nSPS) is 17.2. The van der Waals surface area contributed by atoms with Crippen LogP contribution < -0.4 is 21.1 Å². The first-order valence-corrected chi connectivity index (χ1v) is 14.5. The van der Waals surface area contributed by atoms with E-state index in [0.717, 1.165) is 79.1 Å². The largest absolute Gasteiger partial charge is 0.388 e. The first-order valence-electron chi connectivity index (χ1n) is 14.5. The second-order valence-corrected chi connectivity index (χ2v) is 11.4. The van der Waals surface area contributed by atoms with Crippen molar-refractivity contribution in [2.45, 2.75) is 72.0 Å². The summed E-state index contributed by atoms with van der Waals surface area (Å²) >= 11 is 0. The smallest absolute Gasteiger partial charge is 0.253 e. The highest BCUT2D eigenvalue weighted by molar-refractivity contribution is 6.03. The van der Waals surface area contributed by atoms with Gasteiger partial charge in [-0.3, -0.25) is 9.59 Å². The minimum Gasteiger partial charge on any atom is -0.388 e. The molecular formula is C31H49N7O2. The van der Waals surface area contributed by atoms with E-state index in [4.69, 9.17) is 5.41 Å². The Bertz CT molecular complexity index is 1250. The molecule has 1 aromatic carbocycles. The van der Waals surface area contributed by atoms with E-state index in [2.05, 4.69) is 58.4 Å². The highest BCUT2D eigenvalue weighted by Gasteiger charge is 2.30. The van der Waals surface area contributed by atoms with Gasteiger partial charge in [0.15, 0.2) is 0 Å². The minimum absolute atomic E-state index is 0.152. The lowest BCUT2D eigenvalue weighted by Crippen LogP contribution is -2.45. The van der Waals surface area contributed by atoms with E-state index < -0.39 is 0 Å². The first kappa shape index (κ1) is 31.4. The number of pyridine rings is 1. The molecule has 0 aliphatic heterocycles. The van der Waals surface area contributed by atoms with Crippen LogP contribution in [0.1, 0.15) is 70.9 Å². The van der Waals surface area contributed by atoms with E-state index >= 15 is 0 Å². The van der Waals surface area contributed by atoms with Crippen LogP contribution in [0.5, 0.6) is 0 Å². The van der Waals surface area contributed by atoms with Crippen molar-refractivity contribution < 1.29 is 4.79 Å². The van der Waals surface area contributed by atoms with Gasteiger partial charge in [0.1, 0.15) is 0 Å². The van der Waals surface area contributed by atoms with Gasteiger partial charge < -0.3 is 35.7 Å². The Balaban J connectivity index is 1.87. The van der Waals surface area contributed by atoms with Crippen molar-refractivity contribution in [3.05, 3.63) is 56.0 Å². The van der Waals surface area contributed by atoms with Gasteiger partial charge in [-0.25, -0.2) is 0 Å². The van der Waals surface area contributed by atoms with Gasteiger partial charge in [0.25, 0.3) is 11.5 Å². The van der Waals surface area contributed by atoms with Gasteiger partial charge in [0.2, 0.25) is 0 Å². The van der Waals surface area contributed by atoms with Crippen LogP contribution in [0.2, 0.25) is 0 Å². The molecule has 3 rings (SSSR count). The second kappa shape index (κ2) is 13.9. The number of amides is 1. The molecule has 1 aliphatic carbocycles.